The summed E-state index contributed by atoms with van der Waals surface area (Å²) in [7, 11) is 0. The van der Waals surface area contributed by atoms with Gasteiger partial charge in [-0.3, -0.25) is 4.90 Å². The van der Waals surface area contributed by atoms with Crippen LogP contribution in [-0.4, -0.2) is 29.6 Å². The highest BCUT2D eigenvalue weighted by Crippen LogP contribution is 2.31. The zero-order chi connectivity index (χ0) is 14.8. The number of aryl methyl sites for hydroxylation is 1. The zero-order valence-electron chi connectivity index (χ0n) is 13.2. The van der Waals surface area contributed by atoms with Gasteiger partial charge in [0.2, 0.25) is 0 Å². The van der Waals surface area contributed by atoms with Gasteiger partial charge in [0.15, 0.2) is 0 Å². The Labute approximate surface area is 137 Å². The average molecular weight is 351 g/mol. The lowest BCUT2D eigenvalue weighted by atomic mass is 9.97. The molecule has 21 heavy (non-hydrogen) atoms. The summed E-state index contributed by atoms with van der Waals surface area (Å²) in [5.74, 6) is 0. The first-order chi connectivity index (χ1) is 10.2. The number of hydrogen-bond acceptors (Lipinski definition) is 2. The minimum atomic E-state index is 0.761. The maximum atomic E-state index is 3.76. The Morgan fingerprint density at radius 2 is 1.95 bits per heavy atom. The topological polar surface area (TPSA) is 15.3 Å². The summed E-state index contributed by atoms with van der Waals surface area (Å²) in [4.78, 5) is 2.72. The Bertz CT molecular complexity index is 476. The van der Waals surface area contributed by atoms with Gasteiger partial charge in [-0.2, -0.15) is 0 Å². The highest BCUT2D eigenvalue weighted by atomic mass is 79.9. The van der Waals surface area contributed by atoms with E-state index in [1.807, 2.05) is 0 Å². The van der Waals surface area contributed by atoms with Crippen LogP contribution in [0.4, 0.5) is 0 Å². The summed E-state index contributed by atoms with van der Waals surface area (Å²) in [5.41, 5.74) is 2.76. The van der Waals surface area contributed by atoms with E-state index in [1.165, 1.54) is 54.2 Å². The molecule has 2 fully saturated rings. The number of hydrogen-bond donors (Lipinski definition) is 1. The monoisotopic (exact) mass is 350 g/mol. The summed E-state index contributed by atoms with van der Waals surface area (Å²) in [6.45, 7) is 6.75. The van der Waals surface area contributed by atoms with Crippen LogP contribution in [0.5, 0.6) is 0 Å². The Morgan fingerprint density at radius 3 is 2.57 bits per heavy atom. The van der Waals surface area contributed by atoms with Gasteiger partial charge in [0.1, 0.15) is 0 Å². The SMILES string of the molecule is CCCN(Cc1ccc(C)cc1Br)C1CC2CCC(C1)N2. The highest BCUT2D eigenvalue weighted by molar-refractivity contribution is 9.10. The molecule has 2 heterocycles. The highest BCUT2D eigenvalue weighted by Gasteiger charge is 2.35. The van der Waals surface area contributed by atoms with Crippen molar-refractivity contribution >= 4 is 15.9 Å². The van der Waals surface area contributed by atoms with E-state index in [4.69, 9.17) is 0 Å². The number of fused-ring (bicyclic) bond motifs is 2. The van der Waals surface area contributed by atoms with E-state index >= 15 is 0 Å². The fraction of sp³-hybridized carbons (Fsp3) is 0.667. The molecule has 0 aliphatic carbocycles. The maximum Gasteiger partial charge on any atom is 0.0247 e. The molecule has 1 N–H and O–H groups in total. The quantitative estimate of drug-likeness (QED) is 0.853. The fourth-order valence-electron chi connectivity index (χ4n) is 4.00. The van der Waals surface area contributed by atoms with Crippen molar-refractivity contribution in [3.8, 4) is 0 Å². The zero-order valence-corrected chi connectivity index (χ0v) is 14.8. The first kappa shape index (κ1) is 15.5. The fourth-order valence-corrected chi connectivity index (χ4v) is 4.62. The molecule has 3 heteroatoms. The third kappa shape index (κ3) is 3.69. The van der Waals surface area contributed by atoms with Crippen molar-refractivity contribution in [2.45, 2.75) is 70.6 Å². The third-order valence-electron chi connectivity index (χ3n) is 5.06. The molecule has 116 valence electrons. The van der Waals surface area contributed by atoms with Gasteiger partial charge in [0, 0.05) is 29.1 Å². The lowest BCUT2D eigenvalue weighted by Crippen LogP contribution is -2.48. The van der Waals surface area contributed by atoms with Crippen molar-refractivity contribution in [2.24, 2.45) is 0 Å². The Kier molecular flexibility index (Phi) is 5.03. The molecule has 0 spiro atoms. The predicted molar refractivity (Wildman–Crippen MR) is 92.5 cm³/mol. The molecule has 2 unspecified atom stereocenters. The van der Waals surface area contributed by atoms with Crippen molar-refractivity contribution in [3.63, 3.8) is 0 Å². The van der Waals surface area contributed by atoms with Crippen molar-refractivity contribution in [3.05, 3.63) is 33.8 Å². The predicted octanol–water partition coefficient (Wildman–Crippen LogP) is 4.25. The molecule has 2 atom stereocenters. The number of benzene rings is 1. The second-order valence-electron chi connectivity index (χ2n) is 6.83. The van der Waals surface area contributed by atoms with Crippen LogP contribution >= 0.6 is 15.9 Å². The largest absolute Gasteiger partial charge is 0.311 e. The van der Waals surface area contributed by atoms with Gasteiger partial charge in [-0.25, -0.2) is 0 Å². The van der Waals surface area contributed by atoms with E-state index in [-0.39, 0.29) is 0 Å². The Hall–Kier alpha value is -0.380. The first-order valence-electron chi connectivity index (χ1n) is 8.41. The molecule has 3 rings (SSSR count). The molecule has 2 nitrogen and oxygen atoms in total. The second kappa shape index (κ2) is 6.80. The lowest BCUT2D eigenvalue weighted by molar-refractivity contribution is 0.133. The van der Waals surface area contributed by atoms with Crippen LogP contribution in [0.2, 0.25) is 0 Å². The van der Waals surface area contributed by atoms with Gasteiger partial charge in [0.25, 0.3) is 0 Å². The van der Waals surface area contributed by atoms with Gasteiger partial charge in [-0.05, 0) is 62.8 Å². The Balaban J connectivity index is 1.72. The van der Waals surface area contributed by atoms with Gasteiger partial charge < -0.3 is 5.32 Å². The Morgan fingerprint density at radius 1 is 1.24 bits per heavy atom. The summed E-state index contributed by atoms with van der Waals surface area (Å²) in [6, 6.07) is 9.07. The van der Waals surface area contributed by atoms with E-state index in [0.717, 1.165) is 24.7 Å². The average Bonchev–Trinajstić information content (AvgIpc) is 2.79. The van der Waals surface area contributed by atoms with Gasteiger partial charge in [-0.15, -0.1) is 0 Å². The number of rotatable bonds is 5. The standard InChI is InChI=1S/C18H27BrN2/c1-3-8-21(12-14-5-4-13(2)9-18(14)19)17-10-15-6-7-16(11-17)20-15/h4-5,9,15-17,20H,3,6-8,10-12H2,1-2H3. The molecule has 2 bridgehead atoms. The van der Waals surface area contributed by atoms with Crippen LogP contribution in [0, 0.1) is 6.92 Å². The van der Waals surface area contributed by atoms with Crippen LogP contribution < -0.4 is 5.32 Å². The molecule has 2 aliphatic heterocycles. The molecule has 0 aromatic heterocycles. The summed E-state index contributed by atoms with van der Waals surface area (Å²) in [6.07, 6.45) is 6.67. The molecule has 2 saturated heterocycles. The van der Waals surface area contributed by atoms with Crippen molar-refractivity contribution in [1.29, 1.82) is 0 Å². The molecule has 1 aromatic rings. The van der Waals surface area contributed by atoms with Crippen LogP contribution in [0.15, 0.2) is 22.7 Å². The molecule has 1 aromatic carbocycles. The van der Waals surface area contributed by atoms with Gasteiger partial charge >= 0.3 is 0 Å². The molecule has 0 radical (unpaired) electrons. The van der Waals surface area contributed by atoms with Crippen molar-refractivity contribution < 1.29 is 0 Å². The van der Waals surface area contributed by atoms with Crippen LogP contribution in [-0.2, 0) is 6.54 Å². The van der Waals surface area contributed by atoms with E-state index in [1.54, 1.807) is 0 Å². The number of piperidine rings is 1. The molecule has 0 amide bonds. The molecule has 0 saturated carbocycles. The van der Waals surface area contributed by atoms with E-state index in [9.17, 15) is 0 Å². The molecular formula is C18H27BrN2. The summed E-state index contributed by atoms with van der Waals surface area (Å²) < 4.78 is 1.26. The van der Waals surface area contributed by atoms with Crippen molar-refractivity contribution in [1.82, 2.24) is 10.2 Å². The first-order valence-corrected chi connectivity index (χ1v) is 9.20. The van der Waals surface area contributed by atoms with Gasteiger partial charge in [-0.1, -0.05) is 35.0 Å². The van der Waals surface area contributed by atoms with E-state index < -0.39 is 0 Å². The second-order valence-corrected chi connectivity index (χ2v) is 7.68. The summed E-state index contributed by atoms with van der Waals surface area (Å²) in [5, 5.41) is 3.76. The van der Waals surface area contributed by atoms with E-state index in [2.05, 4.69) is 58.2 Å². The van der Waals surface area contributed by atoms with E-state index in [0.29, 0.717) is 0 Å². The number of halogens is 1. The minimum absolute atomic E-state index is 0.761. The van der Waals surface area contributed by atoms with Crippen LogP contribution in [0.25, 0.3) is 0 Å². The molecular weight excluding hydrogens is 324 g/mol. The number of nitrogens with one attached hydrogen (secondary N) is 1. The minimum Gasteiger partial charge on any atom is -0.311 e. The molecule has 2 aliphatic rings. The summed E-state index contributed by atoms with van der Waals surface area (Å²) >= 11 is 3.75. The van der Waals surface area contributed by atoms with Crippen LogP contribution in [0.1, 0.15) is 50.2 Å². The number of nitrogens with zero attached hydrogens (tertiary/aromatic N) is 1. The maximum absolute atomic E-state index is 3.76. The lowest BCUT2D eigenvalue weighted by Gasteiger charge is -2.38. The normalized spacial score (nSPS) is 28.3. The van der Waals surface area contributed by atoms with Crippen molar-refractivity contribution in [2.75, 3.05) is 6.54 Å². The third-order valence-corrected chi connectivity index (χ3v) is 5.80. The van der Waals surface area contributed by atoms with Gasteiger partial charge in [0.05, 0.1) is 0 Å². The smallest absolute Gasteiger partial charge is 0.0247 e. The van der Waals surface area contributed by atoms with Crippen LogP contribution in [0.3, 0.4) is 0 Å².